The third kappa shape index (κ3) is 5.34. The second-order valence-corrected chi connectivity index (χ2v) is 7.03. The van der Waals surface area contributed by atoms with Crippen LogP contribution >= 0.6 is 0 Å². The monoisotopic (exact) mass is 332 g/mol. The van der Waals surface area contributed by atoms with Crippen molar-refractivity contribution in [1.82, 2.24) is 10.6 Å². The lowest BCUT2D eigenvalue weighted by Gasteiger charge is -2.26. The molecule has 2 amide bonds. The Morgan fingerprint density at radius 1 is 1.00 bits per heavy atom. The van der Waals surface area contributed by atoms with Crippen LogP contribution in [-0.2, 0) is 0 Å². The highest BCUT2D eigenvalue weighted by molar-refractivity contribution is 5.97. The first kappa shape index (κ1) is 18.5. The molecule has 0 aliphatic heterocycles. The van der Waals surface area contributed by atoms with E-state index in [0.717, 1.165) is 38.5 Å². The summed E-state index contributed by atoms with van der Waals surface area (Å²) in [5.74, 6) is -0.367. The summed E-state index contributed by atoms with van der Waals surface area (Å²) in [5.41, 5.74) is 0.236. The molecule has 0 saturated heterocycles. The topological polar surface area (TPSA) is 78.4 Å². The Bertz CT molecular complexity index is 558. The number of nitrogens with one attached hydrogen (secondary N) is 2. The summed E-state index contributed by atoms with van der Waals surface area (Å²) < 4.78 is 0. The molecule has 0 spiro atoms. The van der Waals surface area contributed by atoms with Crippen molar-refractivity contribution < 1.29 is 14.7 Å². The molecule has 1 saturated carbocycles. The summed E-state index contributed by atoms with van der Waals surface area (Å²) in [4.78, 5) is 24.2. The molecular formula is C19H28N2O3. The summed E-state index contributed by atoms with van der Waals surface area (Å²) in [7, 11) is 0. The van der Waals surface area contributed by atoms with Crippen molar-refractivity contribution in [2.75, 3.05) is 6.54 Å². The normalized spacial score (nSPS) is 17.2. The van der Waals surface area contributed by atoms with Gasteiger partial charge >= 0.3 is 0 Å². The van der Waals surface area contributed by atoms with Gasteiger partial charge in [0.15, 0.2) is 0 Å². The maximum absolute atomic E-state index is 12.3. The lowest BCUT2D eigenvalue weighted by molar-refractivity contribution is 0.0246. The molecule has 1 aromatic carbocycles. The van der Waals surface area contributed by atoms with Crippen LogP contribution in [0.3, 0.4) is 0 Å². The third-order valence-corrected chi connectivity index (χ3v) is 4.44. The Balaban J connectivity index is 1.91. The van der Waals surface area contributed by atoms with Gasteiger partial charge in [0.05, 0.1) is 5.60 Å². The van der Waals surface area contributed by atoms with E-state index in [1.54, 1.807) is 24.3 Å². The number of hydrogen-bond donors (Lipinski definition) is 3. The molecule has 0 atom stereocenters. The first-order chi connectivity index (χ1) is 11.4. The van der Waals surface area contributed by atoms with E-state index >= 15 is 0 Å². The second kappa shape index (κ2) is 8.29. The van der Waals surface area contributed by atoms with Crippen molar-refractivity contribution >= 4 is 11.8 Å². The SMILES string of the molecule is CC(C)NC(=O)c1ccc(C(=O)NCC2(O)CCCCCC2)cc1. The second-order valence-electron chi connectivity index (χ2n) is 7.03. The predicted octanol–water partition coefficient (Wildman–Crippen LogP) is 2.64. The summed E-state index contributed by atoms with van der Waals surface area (Å²) in [6.45, 7) is 4.08. The lowest BCUT2D eigenvalue weighted by atomic mass is 9.94. The Labute approximate surface area is 143 Å². The van der Waals surface area contributed by atoms with Gasteiger partial charge in [0.1, 0.15) is 0 Å². The maximum atomic E-state index is 12.3. The van der Waals surface area contributed by atoms with Gasteiger partial charge < -0.3 is 15.7 Å². The Morgan fingerprint density at radius 2 is 1.50 bits per heavy atom. The van der Waals surface area contributed by atoms with Gasteiger partial charge in [-0.1, -0.05) is 25.7 Å². The van der Waals surface area contributed by atoms with E-state index in [-0.39, 0.29) is 24.4 Å². The van der Waals surface area contributed by atoms with Crippen molar-refractivity contribution in [3.8, 4) is 0 Å². The van der Waals surface area contributed by atoms with Gasteiger partial charge in [-0.25, -0.2) is 0 Å². The van der Waals surface area contributed by atoms with E-state index < -0.39 is 5.60 Å². The molecule has 1 aromatic rings. The van der Waals surface area contributed by atoms with E-state index in [4.69, 9.17) is 0 Å². The minimum Gasteiger partial charge on any atom is -0.388 e. The van der Waals surface area contributed by atoms with Crippen molar-refractivity contribution in [2.45, 2.75) is 64.0 Å². The molecule has 1 aliphatic carbocycles. The molecule has 24 heavy (non-hydrogen) atoms. The standard InChI is InChI=1S/C19H28N2O3/c1-14(2)21-18(23)16-9-7-15(8-10-16)17(22)20-13-19(24)11-5-3-4-6-12-19/h7-10,14,24H,3-6,11-13H2,1-2H3,(H,20,22)(H,21,23). The van der Waals surface area contributed by atoms with Crippen LogP contribution in [-0.4, -0.2) is 35.1 Å². The van der Waals surface area contributed by atoms with Gasteiger partial charge in [-0.05, 0) is 51.0 Å². The minimum absolute atomic E-state index is 0.0702. The molecule has 5 heteroatoms. The molecule has 1 aliphatic rings. The van der Waals surface area contributed by atoms with E-state index in [0.29, 0.717) is 11.1 Å². The summed E-state index contributed by atoms with van der Waals surface area (Å²) >= 11 is 0. The Morgan fingerprint density at radius 3 is 2.00 bits per heavy atom. The molecule has 0 heterocycles. The largest absolute Gasteiger partial charge is 0.388 e. The number of aliphatic hydroxyl groups is 1. The van der Waals surface area contributed by atoms with Crippen molar-refractivity contribution in [3.63, 3.8) is 0 Å². The van der Waals surface area contributed by atoms with Crippen molar-refractivity contribution in [2.24, 2.45) is 0 Å². The van der Waals surface area contributed by atoms with Crippen molar-refractivity contribution in [3.05, 3.63) is 35.4 Å². The number of hydrogen-bond acceptors (Lipinski definition) is 3. The fraction of sp³-hybridized carbons (Fsp3) is 0.579. The quantitative estimate of drug-likeness (QED) is 0.725. The highest BCUT2D eigenvalue weighted by Crippen LogP contribution is 2.26. The molecule has 0 bridgehead atoms. The van der Waals surface area contributed by atoms with Crippen LogP contribution in [0.4, 0.5) is 0 Å². The zero-order valence-electron chi connectivity index (χ0n) is 14.6. The smallest absolute Gasteiger partial charge is 0.251 e. The van der Waals surface area contributed by atoms with E-state index in [9.17, 15) is 14.7 Å². The van der Waals surface area contributed by atoms with Gasteiger partial charge in [0, 0.05) is 23.7 Å². The van der Waals surface area contributed by atoms with Crippen LogP contribution in [0.1, 0.15) is 73.1 Å². The molecule has 2 rings (SSSR count). The maximum Gasteiger partial charge on any atom is 0.251 e. The number of benzene rings is 1. The van der Waals surface area contributed by atoms with Gasteiger partial charge in [-0.3, -0.25) is 9.59 Å². The van der Waals surface area contributed by atoms with Crippen LogP contribution in [0.2, 0.25) is 0 Å². The lowest BCUT2D eigenvalue weighted by Crippen LogP contribution is -2.42. The summed E-state index contributed by atoms with van der Waals surface area (Å²) in [6.07, 6.45) is 5.79. The van der Waals surface area contributed by atoms with Gasteiger partial charge in [-0.2, -0.15) is 0 Å². The molecule has 132 valence electrons. The van der Waals surface area contributed by atoms with Crippen molar-refractivity contribution in [1.29, 1.82) is 0 Å². The molecule has 3 N–H and O–H groups in total. The van der Waals surface area contributed by atoms with Gasteiger partial charge in [0.25, 0.3) is 11.8 Å². The molecule has 0 unspecified atom stereocenters. The Kier molecular flexibility index (Phi) is 6.37. The fourth-order valence-electron chi connectivity index (χ4n) is 3.03. The first-order valence-electron chi connectivity index (χ1n) is 8.81. The zero-order valence-corrected chi connectivity index (χ0v) is 14.6. The zero-order chi connectivity index (χ0) is 17.6. The summed E-state index contributed by atoms with van der Waals surface area (Å²) in [5, 5.41) is 16.2. The number of rotatable bonds is 5. The first-order valence-corrected chi connectivity index (χ1v) is 8.81. The molecule has 0 radical (unpaired) electrons. The van der Waals surface area contributed by atoms with Crippen LogP contribution in [0, 0.1) is 0 Å². The number of amides is 2. The molecule has 1 fully saturated rings. The van der Waals surface area contributed by atoms with Gasteiger partial charge in [-0.15, -0.1) is 0 Å². The molecule has 0 aromatic heterocycles. The van der Waals surface area contributed by atoms with Crippen LogP contribution in [0.25, 0.3) is 0 Å². The highest BCUT2D eigenvalue weighted by atomic mass is 16.3. The third-order valence-electron chi connectivity index (χ3n) is 4.44. The fourth-order valence-corrected chi connectivity index (χ4v) is 3.03. The predicted molar refractivity (Wildman–Crippen MR) is 94.0 cm³/mol. The Hall–Kier alpha value is -1.88. The van der Waals surface area contributed by atoms with Crippen LogP contribution in [0.5, 0.6) is 0 Å². The molecule has 5 nitrogen and oxygen atoms in total. The minimum atomic E-state index is -0.788. The van der Waals surface area contributed by atoms with Crippen LogP contribution < -0.4 is 10.6 Å². The average Bonchev–Trinajstić information content (AvgIpc) is 2.77. The van der Waals surface area contributed by atoms with Crippen LogP contribution in [0.15, 0.2) is 24.3 Å². The summed E-state index contributed by atoms with van der Waals surface area (Å²) in [6, 6.07) is 6.64. The average molecular weight is 332 g/mol. The van der Waals surface area contributed by atoms with Gasteiger partial charge in [0.2, 0.25) is 0 Å². The van der Waals surface area contributed by atoms with E-state index in [1.807, 2.05) is 13.8 Å². The van der Waals surface area contributed by atoms with E-state index in [1.165, 1.54) is 0 Å². The highest BCUT2D eigenvalue weighted by Gasteiger charge is 2.28. The molecular weight excluding hydrogens is 304 g/mol. The van der Waals surface area contributed by atoms with E-state index in [2.05, 4.69) is 10.6 Å². The number of carbonyl (C=O) groups is 2. The number of carbonyl (C=O) groups excluding carboxylic acids is 2.